The minimum absolute atomic E-state index is 0.406. The molecule has 114 valence electrons. The summed E-state index contributed by atoms with van der Waals surface area (Å²) in [4.78, 5) is 16.3. The van der Waals surface area contributed by atoms with E-state index in [0.29, 0.717) is 12.0 Å². The molecule has 6 nitrogen and oxygen atoms in total. The quantitative estimate of drug-likeness (QED) is 0.874. The smallest absolute Gasteiger partial charge is 0.223 e. The van der Waals surface area contributed by atoms with Crippen molar-refractivity contribution >= 4 is 17.6 Å². The molecule has 1 unspecified atom stereocenters. The lowest BCUT2D eigenvalue weighted by Gasteiger charge is -2.38. The Labute approximate surface area is 125 Å². The summed E-state index contributed by atoms with van der Waals surface area (Å²) in [6.45, 7) is 6.72. The van der Waals surface area contributed by atoms with Gasteiger partial charge < -0.3 is 15.5 Å². The molecule has 2 N–H and O–H groups in total. The van der Waals surface area contributed by atoms with Gasteiger partial charge in [0.2, 0.25) is 5.95 Å². The van der Waals surface area contributed by atoms with Crippen molar-refractivity contribution in [3.63, 3.8) is 0 Å². The van der Waals surface area contributed by atoms with Gasteiger partial charge in [-0.1, -0.05) is 0 Å². The lowest BCUT2D eigenvalue weighted by Crippen LogP contribution is -2.50. The van der Waals surface area contributed by atoms with Crippen LogP contribution in [0.5, 0.6) is 0 Å². The van der Waals surface area contributed by atoms with Crippen molar-refractivity contribution in [3.8, 4) is 0 Å². The summed E-state index contributed by atoms with van der Waals surface area (Å²) in [7, 11) is 0. The average Bonchev–Trinajstić information content (AvgIpc) is 3.17. The normalized spacial score (nSPS) is 26.4. The number of nitrogen functional groups attached to an aromatic ring is 1. The van der Waals surface area contributed by atoms with Gasteiger partial charge in [-0.3, -0.25) is 4.90 Å². The Morgan fingerprint density at radius 2 is 1.67 bits per heavy atom. The fourth-order valence-electron chi connectivity index (χ4n) is 3.91. The topological polar surface area (TPSA) is 61.5 Å². The van der Waals surface area contributed by atoms with Gasteiger partial charge in [-0.15, -0.1) is 0 Å². The molecule has 3 aliphatic rings. The standard InChI is InChI=1S/C15H24N6/c16-15-17-13(20-5-1-2-6-20)10-14(18-15)21-9-8-19-7-3-4-12(19)11-21/h10,12H,1-9,11H2,(H2,16,17,18). The second kappa shape index (κ2) is 5.33. The molecule has 3 fully saturated rings. The van der Waals surface area contributed by atoms with E-state index < -0.39 is 0 Å². The third kappa shape index (κ3) is 2.52. The molecule has 6 heteroatoms. The summed E-state index contributed by atoms with van der Waals surface area (Å²) < 4.78 is 0. The minimum Gasteiger partial charge on any atom is -0.368 e. The highest BCUT2D eigenvalue weighted by atomic mass is 15.3. The largest absolute Gasteiger partial charge is 0.368 e. The lowest BCUT2D eigenvalue weighted by atomic mass is 10.1. The molecular formula is C15H24N6. The fraction of sp³-hybridized carbons (Fsp3) is 0.733. The third-order valence-electron chi connectivity index (χ3n) is 5.06. The first-order valence-corrected chi connectivity index (χ1v) is 8.18. The second-order valence-electron chi connectivity index (χ2n) is 6.41. The van der Waals surface area contributed by atoms with Crippen LogP contribution in [0.25, 0.3) is 0 Å². The van der Waals surface area contributed by atoms with E-state index in [9.17, 15) is 0 Å². The number of nitrogens with zero attached hydrogens (tertiary/aromatic N) is 5. The van der Waals surface area contributed by atoms with Crippen molar-refractivity contribution in [1.82, 2.24) is 14.9 Å². The van der Waals surface area contributed by atoms with E-state index in [0.717, 1.165) is 44.4 Å². The Bertz CT molecular complexity index is 513. The zero-order chi connectivity index (χ0) is 14.2. The van der Waals surface area contributed by atoms with Crippen molar-refractivity contribution in [3.05, 3.63) is 6.07 Å². The zero-order valence-corrected chi connectivity index (χ0v) is 12.5. The van der Waals surface area contributed by atoms with Crippen LogP contribution in [0.15, 0.2) is 6.07 Å². The van der Waals surface area contributed by atoms with Crippen LogP contribution in [-0.4, -0.2) is 60.2 Å². The lowest BCUT2D eigenvalue weighted by molar-refractivity contribution is 0.230. The Balaban J connectivity index is 1.56. The van der Waals surface area contributed by atoms with Gasteiger partial charge >= 0.3 is 0 Å². The highest BCUT2D eigenvalue weighted by molar-refractivity contribution is 5.54. The van der Waals surface area contributed by atoms with Crippen LogP contribution in [0.1, 0.15) is 25.7 Å². The molecular weight excluding hydrogens is 264 g/mol. The molecule has 0 amide bonds. The van der Waals surface area contributed by atoms with Crippen molar-refractivity contribution in [2.24, 2.45) is 0 Å². The predicted molar refractivity (Wildman–Crippen MR) is 84.7 cm³/mol. The van der Waals surface area contributed by atoms with E-state index >= 15 is 0 Å². The maximum atomic E-state index is 5.95. The number of hydrogen-bond acceptors (Lipinski definition) is 6. The molecule has 3 saturated heterocycles. The Hall–Kier alpha value is -1.56. The summed E-state index contributed by atoms with van der Waals surface area (Å²) >= 11 is 0. The first kappa shape index (κ1) is 13.1. The Kier molecular flexibility index (Phi) is 3.33. The monoisotopic (exact) mass is 288 g/mol. The number of piperazine rings is 1. The minimum atomic E-state index is 0.406. The summed E-state index contributed by atoms with van der Waals surface area (Å²) in [6.07, 6.45) is 5.15. The molecule has 0 aliphatic carbocycles. The van der Waals surface area contributed by atoms with Crippen molar-refractivity contribution in [2.45, 2.75) is 31.7 Å². The van der Waals surface area contributed by atoms with E-state index in [1.165, 1.54) is 32.2 Å². The summed E-state index contributed by atoms with van der Waals surface area (Å²) in [5.74, 6) is 2.42. The molecule has 1 aromatic heterocycles. The Morgan fingerprint density at radius 1 is 0.905 bits per heavy atom. The number of nitrogens with two attached hydrogens (primary N) is 1. The molecule has 4 rings (SSSR count). The van der Waals surface area contributed by atoms with Crippen LogP contribution < -0.4 is 15.5 Å². The van der Waals surface area contributed by atoms with Crippen LogP contribution in [0, 0.1) is 0 Å². The van der Waals surface area contributed by atoms with Crippen LogP contribution in [-0.2, 0) is 0 Å². The summed E-state index contributed by atoms with van der Waals surface area (Å²) in [5, 5.41) is 0. The highest BCUT2D eigenvalue weighted by Gasteiger charge is 2.31. The molecule has 21 heavy (non-hydrogen) atoms. The van der Waals surface area contributed by atoms with E-state index in [1.54, 1.807) is 0 Å². The fourth-order valence-corrected chi connectivity index (χ4v) is 3.91. The maximum absolute atomic E-state index is 5.95. The van der Waals surface area contributed by atoms with Crippen molar-refractivity contribution < 1.29 is 0 Å². The molecule has 1 aromatic rings. The number of aromatic nitrogens is 2. The third-order valence-corrected chi connectivity index (χ3v) is 5.06. The average molecular weight is 288 g/mol. The van der Waals surface area contributed by atoms with Crippen molar-refractivity contribution in [1.29, 1.82) is 0 Å². The molecule has 0 radical (unpaired) electrons. The molecule has 0 saturated carbocycles. The molecule has 4 heterocycles. The van der Waals surface area contributed by atoms with Crippen LogP contribution in [0.3, 0.4) is 0 Å². The van der Waals surface area contributed by atoms with E-state index in [2.05, 4.69) is 30.7 Å². The maximum Gasteiger partial charge on any atom is 0.223 e. The van der Waals surface area contributed by atoms with Crippen molar-refractivity contribution in [2.75, 3.05) is 54.8 Å². The molecule has 0 bridgehead atoms. The van der Waals surface area contributed by atoms with E-state index in [1.807, 2.05) is 0 Å². The first-order chi connectivity index (χ1) is 10.3. The number of fused-ring (bicyclic) bond motifs is 1. The SMILES string of the molecule is Nc1nc(N2CCCC2)cc(N2CCN3CCCC3C2)n1. The molecule has 0 aromatic carbocycles. The number of rotatable bonds is 2. The Morgan fingerprint density at radius 3 is 2.48 bits per heavy atom. The number of hydrogen-bond donors (Lipinski definition) is 1. The van der Waals surface area contributed by atoms with Gasteiger partial charge in [-0.25, -0.2) is 0 Å². The van der Waals surface area contributed by atoms with Gasteiger partial charge in [-0.2, -0.15) is 9.97 Å². The second-order valence-corrected chi connectivity index (χ2v) is 6.41. The van der Waals surface area contributed by atoms with E-state index in [-0.39, 0.29) is 0 Å². The van der Waals surface area contributed by atoms with Crippen LogP contribution >= 0.6 is 0 Å². The summed E-state index contributed by atoms with van der Waals surface area (Å²) in [6, 6.07) is 2.83. The first-order valence-electron chi connectivity index (χ1n) is 8.18. The zero-order valence-electron chi connectivity index (χ0n) is 12.5. The summed E-state index contributed by atoms with van der Waals surface area (Å²) in [5.41, 5.74) is 5.95. The van der Waals surface area contributed by atoms with Gasteiger partial charge in [0.05, 0.1) is 0 Å². The van der Waals surface area contributed by atoms with Gasteiger partial charge in [0.25, 0.3) is 0 Å². The predicted octanol–water partition coefficient (Wildman–Crippen LogP) is 0.943. The van der Waals surface area contributed by atoms with E-state index in [4.69, 9.17) is 5.73 Å². The van der Waals surface area contributed by atoms with Gasteiger partial charge in [0.15, 0.2) is 0 Å². The van der Waals surface area contributed by atoms with Crippen LogP contribution in [0.2, 0.25) is 0 Å². The van der Waals surface area contributed by atoms with Gasteiger partial charge in [0.1, 0.15) is 11.6 Å². The van der Waals surface area contributed by atoms with Crippen LogP contribution in [0.4, 0.5) is 17.6 Å². The molecule has 1 atom stereocenters. The van der Waals surface area contributed by atoms with Gasteiger partial charge in [-0.05, 0) is 32.2 Å². The molecule has 0 spiro atoms. The molecule has 3 aliphatic heterocycles. The highest BCUT2D eigenvalue weighted by Crippen LogP contribution is 2.27. The number of anilines is 3. The van der Waals surface area contributed by atoms with Gasteiger partial charge in [0, 0.05) is 44.8 Å².